The Morgan fingerprint density at radius 1 is 1.47 bits per heavy atom. The maximum atomic E-state index is 10.0. The summed E-state index contributed by atoms with van der Waals surface area (Å²) in [5.41, 5.74) is 6.56. The fourth-order valence-electron chi connectivity index (χ4n) is 1.79. The molecule has 1 atom stereocenters. The van der Waals surface area contributed by atoms with Crippen molar-refractivity contribution in [1.29, 1.82) is 0 Å². The minimum absolute atomic E-state index is 0.483. The van der Waals surface area contributed by atoms with E-state index in [4.69, 9.17) is 5.73 Å². The van der Waals surface area contributed by atoms with Crippen LogP contribution in [0.25, 0.3) is 0 Å². The number of aromatic nitrogens is 2. The molecule has 1 unspecified atom stereocenters. The highest BCUT2D eigenvalue weighted by Crippen LogP contribution is 2.27. The number of nitrogens with zero attached hydrogens (tertiary/aromatic N) is 2. The molecular weight excluding hydrogens is 190 g/mol. The summed E-state index contributed by atoms with van der Waals surface area (Å²) in [5, 5.41) is 14.0. The zero-order chi connectivity index (χ0) is 11.4. The Labute approximate surface area is 91.1 Å². The Morgan fingerprint density at radius 3 is 2.47 bits per heavy atom. The number of rotatable bonds is 5. The van der Waals surface area contributed by atoms with Gasteiger partial charge < -0.3 is 10.8 Å². The van der Waals surface area contributed by atoms with Crippen LogP contribution in [-0.2, 0) is 7.05 Å². The van der Waals surface area contributed by atoms with E-state index < -0.39 is 6.10 Å². The van der Waals surface area contributed by atoms with Crippen LogP contribution in [-0.4, -0.2) is 14.9 Å². The van der Waals surface area contributed by atoms with Crippen LogP contribution in [0.1, 0.15) is 44.8 Å². The van der Waals surface area contributed by atoms with Crippen LogP contribution in [0.3, 0.4) is 0 Å². The molecule has 0 radical (unpaired) electrons. The number of hydrogen-bond acceptors (Lipinski definition) is 3. The first kappa shape index (κ1) is 12.0. The predicted octanol–water partition coefficient (Wildman–Crippen LogP) is 1.86. The van der Waals surface area contributed by atoms with Crippen LogP contribution >= 0.6 is 0 Å². The summed E-state index contributed by atoms with van der Waals surface area (Å²) in [5.74, 6) is 1.12. The Bertz CT molecular complexity index is 305. The molecule has 86 valence electrons. The number of hydrogen-bond donors (Lipinski definition) is 2. The molecule has 0 saturated carbocycles. The first-order valence-corrected chi connectivity index (χ1v) is 5.55. The van der Waals surface area contributed by atoms with Gasteiger partial charge in [0.25, 0.3) is 0 Å². The largest absolute Gasteiger partial charge is 0.388 e. The molecule has 0 spiro atoms. The van der Waals surface area contributed by atoms with E-state index >= 15 is 0 Å². The van der Waals surface area contributed by atoms with Crippen LogP contribution in [0.2, 0.25) is 0 Å². The topological polar surface area (TPSA) is 64.1 Å². The van der Waals surface area contributed by atoms with Gasteiger partial charge in [0.2, 0.25) is 0 Å². The SMILES string of the molecule is CCC(CC)CC(O)c1cnn(C)c1N. The molecule has 1 aromatic heterocycles. The van der Waals surface area contributed by atoms with E-state index in [0.717, 1.165) is 24.8 Å². The van der Waals surface area contributed by atoms with Crippen LogP contribution in [0.4, 0.5) is 5.82 Å². The Hall–Kier alpha value is -1.03. The van der Waals surface area contributed by atoms with Crippen molar-refractivity contribution < 1.29 is 5.11 Å². The molecule has 0 aliphatic heterocycles. The highest BCUT2D eigenvalue weighted by molar-refractivity contribution is 5.39. The molecule has 4 heteroatoms. The van der Waals surface area contributed by atoms with Gasteiger partial charge in [0.05, 0.1) is 12.3 Å². The molecule has 0 aliphatic rings. The van der Waals surface area contributed by atoms with E-state index in [2.05, 4.69) is 18.9 Å². The summed E-state index contributed by atoms with van der Waals surface area (Å²) in [7, 11) is 1.78. The van der Waals surface area contributed by atoms with E-state index in [9.17, 15) is 5.11 Å². The molecule has 1 rings (SSSR count). The standard InChI is InChI=1S/C11H21N3O/c1-4-8(5-2)6-10(15)9-7-13-14(3)11(9)12/h7-8,10,15H,4-6,12H2,1-3H3. The third-order valence-electron chi connectivity index (χ3n) is 3.08. The fourth-order valence-corrected chi connectivity index (χ4v) is 1.79. The average Bonchev–Trinajstić information content (AvgIpc) is 2.56. The van der Waals surface area contributed by atoms with Crippen LogP contribution < -0.4 is 5.73 Å². The molecule has 15 heavy (non-hydrogen) atoms. The monoisotopic (exact) mass is 211 g/mol. The lowest BCUT2D eigenvalue weighted by Crippen LogP contribution is -2.08. The summed E-state index contributed by atoms with van der Waals surface area (Å²) in [6, 6.07) is 0. The first-order chi connectivity index (χ1) is 7.10. The third kappa shape index (κ3) is 2.72. The van der Waals surface area contributed by atoms with E-state index in [1.54, 1.807) is 17.9 Å². The summed E-state index contributed by atoms with van der Waals surface area (Å²) < 4.78 is 1.59. The second-order valence-electron chi connectivity index (χ2n) is 4.04. The summed E-state index contributed by atoms with van der Waals surface area (Å²) in [6.07, 6.45) is 4.12. The second kappa shape index (κ2) is 5.16. The van der Waals surface area contributed by atoms with Gasteiger partial charge in [-0.05, 0) is 12.3 Å². The molecule has 0 amide bonds. The zero-order valence-electron chi connectivity index (χ0n) is 9.77. The lowest BCUT2D eigenvalue weighted by Gasteiger charge is -2.16. The lowest BCUT2D eigenvalue weighted by atomic mass is 9.94. The molecule has 0 aliphatic carbocycles. The van der Waals surface area contributed by atoms with Crippen LogP contribution in [0, 0.1) is 5.92 Å². The van der Waals surface area contributed by atoms with Gasteiger partial charge in [0.15, 0.2) is 0 Å². The Kier molecular flexibility index (Phi) is 4.15. The van der Waals surface area contributed by atoms with Gasteiger partial charge in [0, 0.05) is 12.6 Å². The normalized spacial score (nSPS) is 13.4. The van der Waals surface area contributed by atoms with E-state index in [0.29, 0.717) is 11.7 Å². The van der Waals surface area contributed by atoms with Gasteiger partial charge in [-0.3, -0.25) is 4.68 Å². The third-order valence-corrected chi connectivity index (χ3v) is 3.08. The smallest absolute Gasteiger partial charge is 0.127 e. The maximum absolute atomic E-state index is 10.0. The molecule has 3 N–H and O–H groups in total. The van der Waals surface area contributed by atoms with Gasteiger partial charge in [-0.2, -0.15) is 5.10 Å². The highest BCUT2D eigenvalue weighted by Gasteiger charge is 2.17. The van der Waals surface area contributed by atoms with Crippen molar-refractivity contribution in [2.45, 2.75) is 39.2 Å². The molecule has 4 nitrogen and oxygen atoms in total. The lowest BCUT2D eigenvalue weighted by molar-refractivity contribution is 0.142. The van der Waals surface area contributed by atoms with Gasteiger partial charge >= 0.3 is 0 Å². The number of aliphatic hydroxyl groups excluding tert-OH is 1. The average molecular weight is 211 g/mol. The number of nitrogen functional groups attached to an aromatic ring is 1. The van der Waals surface area contributed by atoms with E-state index in [1.165, 1.54) is 0 Å². The number of nitrogens with two attached hydrogens (primary N) is 1. The van der Waals surface area contributed by atoms with Crippen molar-refractivity contribution >= 4 is 5.82 Å². The van der Waals surface area contributed by atoms with Crippen LogP contribution in [0.5, 0.6) is 0 Å². The molecule has 0 bridgehead atoms. The molecular formula is C11H21N3O. The summed E-state index contributed by atoms with van der Waals surface area (Å²) in [6.45, 7) is 4.29. The van der Waals surface area contributed by atoms with Gasteiger partial charge in [-0.15, -0.1) is 0 Å². The zero-order valence-corrected chi connectivity index (χ0v) is 9.77. The first-order valence-electron chi connectivity index (χ1n) is 5.55. The number of aryl methyl sites for hydroxylation is 1. The van der Waals surface area contributed by atoms with Crippen LogP contribution in [0.15, 0.2) is 6.20 Å². The second-order valence-corrected chi connectivity index (χ2v) is 4.04. The Morgan fingerprint density at radius 2 is 2.07 bits per heavy atom. The quantitative estimate of drug-likeness (QED) is 0.781. The van der Waals surface area contributed by atoms with Crippen molar-refractivity contribution in [3.63, 3.8) is 0 Å². The van der Waals surface area contributed by atoms with Gasteiger partial charge in [-0.1, -0.05) is 26.7 Å². The number of aliphatic hydroxyl groups is 1. The van der Waals surface area contributed by atoms with Crippen molar-refractivity contribution in [2.24, 2.45) is 13.0 Å². The minimum atomic E-state index is -0.483. The molecule has 1 aromatic rings. The summed E-state index contributed by atoms with van der Waals surface area (Å²) in [4.78, 5) is 0. The van der Waals surface area contributed by atoms with Gasteiger partial charge in [-0.25, -0.2) is 0 Å². The minimum Gasteiger partial charge on any atom is -0.388 e. The van der Waals surface area contributed by atoms with Crippen molar-refractivity contribution in [2.75, 3.05) is 5.73 Å². The highest BCUT2D eigenvalue weighted by atomic mass is 16.3. The molecule has 1 heterocycles. The predicted molar refractivity (Wildman–Crippen MR) is 61.3 cm³/mol. The molecule has 0 aromatic carbocycles. The van der Waals surface area contributed by atoms with E-state index in [1.807, 2.05) is 0 Å². The fraction of sp³-hybridized carbons (Fsp3) is 0.727. The van der Waals surface area contributed by atoms with E-state index in [-0.39, 0.29) is 0 Å². The molecule has 0 fully saturated rings. The molecule has 0 saturated heterocycles. The van der Waals surface area contributed by atoms with Crippen molar-refractivity contribution in [1.82, 2.24) is 9.78 Å². The van der Waals surface area contributed by atoms with Gasteiger partial charge in [0.1, 0.15) is 5.82 Å². The summed E-state index contributed by atoms with van der Waals surface area (Å²) >= 11 is 0. The van der Waals surface area contributed by atoms with Crippen molar-refractivity contribution in [3.05, 3.63) is 11.8 Å². The maximum Gasteiger partial charge on any atom is 0.127 e. The Balaban J connectivity index is 2.68. The number of anilines is 1. The van der Waals surface area contributed by atoms with Crippen molar-refractivity contribution in [3.8, 4) is 0 Å².